The maximum absolute atomic E-state index is 10.7. The van der Waals surface area contributed by atoms with Crippen molar-refractivity contribution in [2.45, 2.75) is 32.3 Å². The third-order valence-electron chi connectivity index (χ3n) is 3.18. The molecule has 1 aromatic rings. The fourth-order valence-corrected chi connectivity index (χ4v) is 2.14. The molecule has 1 unspecified atom stereocenters. The molecular formula is C15H25NO3. The van der Waals surface area contributed by atoms with Gasteiger partial charge in [0.25, 0.3) is 0 Å². The number of rotatable bonds is 8. The molecule has 4 heteroatoms. The fourth-order valence-electron chi connectivity index (χ4n) is 2.14. The van der Waals surface area contributed by atoms with Crippen LogP contribution in [0.2, 0.25) is 0 Å². The van der Waals surface area contributed by atoms with Gasteiger partial charge in [-0.05, 0) is 45.0 Å². The molecule has 108 valence electrons. The molecule has 0 heterocycles. The minimum absolute atomic E-state index is 0.601. The van der Waals surface area contributed by atoms with Crippen molar-refractivity contribution in [3.05, 3.63) is 23.8 Å². The molecule has 0 radical (unpaired) electrons. The molecule has 0 amide bonds. The summed E-state index contributed by atoms with van der Waals surface area (Å²) in [4.78, 5) is 0. The quantitative estimate of drug-likeness (QED) is 0.710. The zero-order valence-electron chi connectivity index (χ0n) is 12.3. The molecule has 1 rings (SSSR count). The summed E-state index contributed by atoms with van der Waals surface area (Å²) in [6.07, 6.45) is 1.68. The summed E-state index contributed by atoms with van der Waals surface area (Å²) in [6, 6.07) is 5.53. The van der Waals surface area contributed by atoms with Crippen LogP contribution in [0.15, 0.2) is 18.2 Å². The Morgan fingerprint density at radius 2 is 1.74 bits per heavy atom. The van der Waals surface area contributed by atoms with E-state index in [0.29, 0.717) is 23.5 Å². The monoisotopic (exact) mass is 267 g/mol. The Morgan fingerprint density at radius 1 is 1.16 bits per heavy atom. The van der Waals surface area contributed by atoms with Gasteiger partial charge >= 0.3 is 0 Å². The molecular weight excluding hydrogens is 242 g/mol. The lowest BCUT2D eigenvalue weighted by molar-refractivity contribution is 0.0429. The van der Waals surface area contributed by atoms with Crippen LogP contribution in [-0.4, -0.2) is 32.4 Å². The van der Waals surface area contributed by atoms with Crippen molar-refractivity contribution in [3.63, 3.8) is 0 Å². The highest BCUT2D eigenvalue weighted by atomic mass is 16.5. The van der Waals surface area contributed by atoms with Crippen molar-refractivity contribution in [2.75, 3.05) is 27.3 Å². The second-order valence-corrected chi connectivity index (χ2v) is 4.81. The van der Waals surface area contributed by atoms with E-state index < -0.39 is 5.60 Å². The minimum Gasteiger partial charge on any atom is -0.496 e. The Balaban J connectivity index is 2.91. The second kappa shape index (κ2) is 7.36. The van der Waals surface area contributed by atoms with Crippen molar-refractivity contribution in [2.24, 2.45) is 0 Å². The molecule has 19 heavy (non-hydrogen) atoms. The third kappa shape index (κ3) is 4.11. The molecule has 0 aliphatic carbocycles. The first-order chi connectivity index (χ1) is 9.06. The molecule has 1 aromatic carbocycles. The maximum atomic E-state index is 10.7. The van der Waals surface area contributed by atoms with Crippen LogP contribution >= 0.6 is 0 Å². The number of hydrogen-bond acceptors (Lipinski definition) is 4. The number of ether oxygens (including phenoxy) is 2. The number of benzene rings is 1. The van der Waals surface area contributed by atoms with Crippen LogP contribution in [0.25, 0.3) is 0 Å². The third-order valence-corrected chi connectivity index (χ3v) is 3.18. The van der Waals surface area contributed by atoms with E-state index >= 15 is 0 Å². The molecule has 2 N–H and O–H groups in total. The van der Waals surface area contributed by atoms with E-state index in [-0.39, 0.29) is 0 Å². The summed E-state index contributed by atoms with van der Waals surface area (Å²) in [5, 5.41) is 14.0. The van der Waals surface area contributed by atoms with Crippen molar-refractivity contribution in [3.8, 4) is 11.5 Å². The standard InChI is InChI=1S/C15H25NO3/c1-5-10-16-11-9-15(2,17)14-12(18-3)7-6-8-13(14)19-4/h6-8,16-17H,5,9-11H2,1-4H3. The SMILES string of the molecule is CCCNCCC(C)(O)c1c(OC)cccc1OC. The number of methoxy groups -OCH3 is 2. The van der Waals surface area contributed by atoms with Crippen LogP contribution in [0.3, 0.4) is 0 Å². The van der Waals surface area contributed by atoms with E-state index in [1.54, 1.807) is 21.1 Å². The van der Waals surface area contributed by atoms with Crippen LogP contribution in [0.4, 0.5) is 0 Å². The van der Waals surface area contributed by atoms with Gasteiger partial charge in [-0.3, -0.25) is 0 Å². The van der Waals surface area contributed by atoms with E-state index in [4.69, 9.17) is 9.47 Å². The Labute approximate surface area is 115 Å². The van der Waals surface area contributed by atoms with Gasteiger partial charge in [0.05, 0.1) is 25.4 Å². The average molecular weight is 267 g/mol. The minimum atomic E-state index is -0.987. The van der Waals surface area contributed by atoms with E-state index in [0.717, 1.165) is 19.5 Å². The molecule has 1 atom stereocenters. The van der Waals surface area contributed by atoms with Crippen molar-refractivity contribution in [1.82, 2.24) is 5.32 Å². The number of aliphatic hydroxyl groups is 1. The topological polar surface area (TPSA) is 50.7 Å². The first-order valence-corrected chi connectivity index (χ1v) is 6.71. The summed E-state index contributed by atoms with van der Waals surface area (Å²) in [5.74, 6) is 1.31. The first-order valence-electron chi connectivity index (χ1n) is 6.71. The maximum Gasteiger partial charge on any atom is 0.128 e. The number of hydrogen-bond donors (Lipinski definition) is 2. The molecule has 0 aliphatic heterocycles. The Hall–Kier alpha value is -1.26. The summed E-state index contributed by atoms with van der Waals surface area (Å²) in [5.41, 5.74) is -0.281. The first kappa shape index (κ1) is 15.8. The summed E-state index contributed by atoms with van der Waals surface area (Å²) in [7, 11) is 3.20. The van der Waals surface area contributed by atoms with Gasteiger partial charge in [0, 0.05) is 0 Å². The lowest BCUT2D eigenvalue weighted by Gasteiger charge is -2.27. The normalized spacial score (nSPS) is 13.9. The lowest BCUT2D eigenvalue weighted by atomic mass is 9.90. The van der Waals surface area contributed by atoms with Gasteiger partial charge in [0.15, 0.2) is 0 Å². The summed E-state index contributed by atoms with van der Waals surface area (Å²) < 4.78 is 10.7. The summed E-state index contributed by atoms with van der Waals surface area (Å²) in [6.45, 7) is 5.62. The zero-order chi connectivity index (χ0) is 14.3. The largest absolute Gasteiger partial charge is 0.496 e. The zero-order valence-corrected chi connectivity index (χ0v) is 12.3. The predicted octanol–water partition coefficient (Wildman–Crippen LogP) is 2.30. The molecule has 0 saturated heterocycles. The Kier molecular flexibility index (Phi) is 6.12. The van der Waals surface area contributed by atoms with Crippen LogP contribution in [0.5, 0.6) is 11.5 Å². The smallest absolute Gasteiger partial charge is 0.128 e. The van der Waals surface area contributed by atoms with Crippen molar-refractivity contribution >= 4 is 0 Å². The van der Waals surface area contributed by atoms with E-state index in [2.05, 4.69) is 12.2 Å². The Morgan fingerprint density at radius 3 is 2.21 bits per heavy atom. The van der Waals surface area contributed by atoms with Crippen LogP contribution in [0, 0.1) is 0 Å². The van der Waals surface area contributed by atoms with E-state index in [1.807, 2.05) is 18.2 Å². The second-order valence-electron chi connectivity index (χ2n) is 4.81. The molecule has 0 aromatic heterocycles. The van der Waals surface area contributed by atoms with E-state index in [1.165, 1.54) is 0 Å². The van der Waals surface area contributed by atoms with Gasteiger partial charge in [-0.1, -0.05) is 13.0 Å². The fraction of sp³-hybridized carbons (Fsp3) is 0.600. The highest BCUT2D eigenvalue weighted by Gasteiger charge is 2.30. The van der Waals surface area contributed by atoms with Gasteiger partial charge in [-0.25, -0.2) is 0 Å². The summed E-state index contributed by atoms with van der Waals surface area (Å²) >= 11 is 0. The molecule has 0 bridgehead atoms. The highest BCUT2D eigenvalue weighted by Crippen LogP contribution is 2.39. The van der Waals surface area contributed by atoms with Crippen LogP contribution < -0.4 is 14.8 Å². The van der Waals surface area contributed by atoms with Gasteiger partial charge in [0.1, 0.15) is 11.5 Å². The van der Waals surface area contributed by atoms with E-state index in [9.17, 15) is 5.11 Å². The molecule has 0 saturated carbocycles. The van der Waals surface area contributed by atoms with Gasteiger partial charge in [-0.15, -0.1) is 0 Å². The average Bonchev–Trinajstić information content (AvgIpc) is 2.42. The van der Waals surface area contributed by atoms with Gasteiger partial charge in [-0.2, -0.15) is 0 Å². The number of nitrogens with one attached hydrogen (secondary N) is 1. The van der Waals surface area contributed by atoms with Crippen LogP contribution in [-0.2, 0) is 5.60 Å². The van der Waals surface area contributed by atoms with Gasteiger partial charge < -0.3 is 19.9 Å². The molecule has 0 fully saturated rings. The molecule has 0 spiro atoms. The highest BCUT2D eigenvalue weighted by molar-refractivity contribution is 5.48. The molecule has 4 nitrogen and oxygen atoms in total. The predicted molar refractivity (Wildman–Crippen MR) is 76.9 cm³/mol. The lowest BCUT2D eigenvalue weighted by Crippen LogP contribution is -2.29. The van der Waals surface area contributed by atoms with Crippen LogP contribution in [0.1, 0.15) is 32.3 Å². The van der Waals surface area contributed by atoms with Crippen molar-refractivity contribution in [1.29, 1.82) is 0 Å². The molecule has 0 aliphatic rings. The van der Waals surface area contributed by atoms with Gasteiger partial charge in [0.2, 0.25) is 0 Å². The Bertz CT molecular complexity index is 369. The van der Waals surface area contributed by atoms with Crippen molar-refractivity contribution < 1.29 is 14.6 Å².